The van der Waals surface area contributed by atoms with E-state index < -0.39 is 11.2 Å². The predicted molar refractivity (Wildman–Crippen MR) is 411 cm³/mol. The number of hydrogen-bond acceptors (Lipinski definition) is 22. The summed E-state index contributed by atoms with van der Waals surface area (Å²) in [7, 11) is 0. The van der Waals surface area contributed by atoms with Crippen LogP contribution in [0, 0.1) is 20.8 Å². The van der Waals surface area contributed by atoms with Gasteiger partial charge in [0.15, 0.2) is 16.9 Å². The number of rotatable bonds is 9. The van der Waals surface area contributed by atoms with Crippen LogP contribution in [0.4, 0.5) is 44.9 Å². The van der Waals surface area contributed by atoms with Crippen LogP contribution >= 0.6 is 86.5 Å². The van der Waals surface area contributed by atoms with Gasteiger partial charge in [0.1, 0.15) is 28.7 Å². The molecule has 0 aromatic carbocycles. The summed E-state index contributed by atoms with van der Waals surface area (Å²) in [5.41, 5.74) is 25.7. The number of piperidine rings is 3. The maximum Gasteiger partial charge on any atom is 0.407 e. The number of halogens is 4. The number of pyridine rings is 3. The molecule has 3 saturated heterocycles. The Morgan fingerprint density at radius 1 is 0.539 bits per heavy atom. The van der Waals surface area contributed by atoms with Crippen LogP contribution in [0.3, 0.4) is 0 Å². The number of nitrogens with zero attached hydrogens (tertiary/aromatic N) is 14. The second-order valence-corrected chi connectivity index (χ2v) is 33.7. The highest BCUT2D eigenvalue weighted by Crippen LogP contribution is 2.50. The normalized spacial score (nSPS) is 19.9. The van der Waals surface area contributed by atoms with Crippen molar-refractivity contribution in [1.29, 1.82) is 0 Å². The van der Waals surface area contributed by atoms with Crippen molar-refractivity contribution in [3.63, 3.8) is 0 Å². The van der Waals surface area contributed by atoms with Gasteiger partial charge >= 0.3 is 12.2 Å². The van der Waals surface area contributed by atoms with Crippen molar-refractivity contribution in [3.05, 3.63) is 117 Å². The first-order chi connectivity index (χ1) is 48.7. The number of anilines is 6. The van der Waals surface area contributed by atoms with E-state index in [1.54, 1.807) is 37.1 Å². The Kier molecular flexibility index (Phi) is 22.9. The van der Waals surface area contributed by atoms with Crippen LogP contribution in [-0.4, -0.2) is 139 Å². The van der Waals surface area contributed by atoms with E-state index in [2.05, 4.69) is 80.6 Å². The fourth-order valence-corrected chi connectivity index (χ4v) is 18.3. The van der Waals surface area contributed by atoms with Crippen LogP contribution in [0.1, 0.15) is 138 Å². The monoisotopic (exact) mass is 1570 g/mol. The highest BCUT2D eigenvalue weighted by molar-refractivity contribution is 9.10. The molecular formula is C70H89BrCl3N21O4S3. The van der Waals surface area contributed by atoms with E-state index in [1.807, 2.05) is 106 Å². The van der Waals surface area contributed by atoms with Gasteiger partial charge in [-0.1, -0.05) is 89.8 Å². The molecule has 9 aromatic rings. The molecule has 6 aliphatic rings. The summed E-state index contributed by atoms with van der Waals surface area (Å²) in [6.07, 6.45) is 37.8. The number of amides is 2. The number of alkyl carbamates (subject to hydrolysis) is 2. The topological polar surface area (TPSA) is 323 Å². The quantitative estimate of drug-likeness (QED) is 0.0660. The van der Waals surface area contributed by atoms with Crippen LogP contribution in [0.25, 0.3) is 16.9 Å². The average molecular weight is 1570 g/mol. The maximum atomic E-state index is 12.5. The number of carbonyl (C=O) groups is 2. The molecule has 3 aliphatic carbocycles. The second kappa shape index (κ2) is 31.3. The van der Waals surface area contributed by atoms with E-state index in [1.165, 1.54) is 36.4 Å². The molecule has 12 heterocycles. The van der Waals surface area contributed by atoms with Gasteiger partial charge in [0.2, 0.25) is 17.8 Å². The van der Waals surface area contributed by atoms with E-state index in [0.29, 0.717) is 48.5 Å². The van der Waals surface area contributed by atoms with Crippen molar-refractivity contribution in [2.24, 2.45) is 22.0 Å². The van der Waals surface area contributed by atoms with Gasteiger partial charge in [-0.2, -0.15) is 0 Å². The summed E-state index contributed by atoms with van der Waals surface area (Å²) in [5.74, 6) is 3.79. The van der Waals surface area contributed by atoms with Crippen molar-refractivity contribution in [2.75, 3.05) is 71.2 Å². The molecule has 0 bridgehead atoms. The van der Waals surface area contributed by atoms with E-state index in [9.17, 15) is 9.59 Å². The zero-order valence-electron chi connectivity index (χ0n) is 58.2. The summed E-state index contributed by atoms with van der Waals surface area (Å²) in [6, 6.07) is 6.06. The van der Waals surface area contributed by atoms with Crippen LogP contribution in [-0.2, 0) is 9.47 Å². The molecule has 3 saturated carbocycles. The van der Waals surface area contributed by atoms with E-state index in [4.69, 9.17) is 89.4 Å². The Bertz CT molecular complexity index is 4520. The zero-order valence-corrected chi connectivity index (χ0v) is 64.5. The Balaban J connectivity index is 0.000000137. The lowest BCUT2D eigenvalue weighted by atomic mass is 9.74. The van der Waals surface area contributed by atoms with Crippen molar-refractivity contribution in [1.82, 2.24) is 68.7 Å². The molecule has 6 fully saturated rings. The minimum Gasteiger partial charge on any atom is -0.444 e. The zero-order chi connectivity index (χ0) is 72.3. The van der Waals surface area contributed by atoms with Gasteiger partial charge in [-0.25, -0.2) is 49.5 Å². The van der Waals surface area contributed by atoms with Gasteiger partial charge in [0, 0.05) is 142 Å². The first-order valence-electron chi connectivity index (χ1n) is 34.6. The molecule has 3 aliphatic heterocycles. The predicted octanol–water partition coefficient (Wildman–Crippen LogP) is 14.9. The van der Waals surface area contributed by atoms with Gasteiger partial charge in [-0.05, 0) is 169 Å². The van der Waals surface area contributed by atoms with Crippen molar-refractivity contribution >= 4 is 151 Å². The molecule has 544 valence electrons. The molecule has 0 radical (unpaired) electrons. The number of nitrogen functional groups attached to an aromatic ring is 3. The molecule has 2 amide bonds. The molecule has 102 heavy (non-hydrogen) atoms. The minimum atomic E-state index is -0.499. The number of ether oxygens (including phenoxy) is 2. The van der Waals surface area contributed by atoms with Gasteiger partial charge in [0.05, 0.1) is 33.8 Å². The fourth-order valence-electron chi connectivity index (χ4n) is 15.3. The van der Waals surface area contributed by atoms with E-state index in [0.717, 1.165) is 182 Å². The lowest BCUT2D eigenvalue weighted by Gasteiger charge is -2.43. The fraction of sp³-hybridized carbons (Fsp3) is 0.500. The Hall–Kier alpha value is -7.12. The lowest BCUT2D eigenvalue weighted by molar-refractivity contribution is 0.0431. The van der Waals surface area contributed by atoms with Crippen molar-refractivity contribution in [3.8, 4) is 0 Å². The molecule has 15 rings (SSSR count). The molecule has 25 nitrogen and oxygen atoms in total. The maximum absolute atomic E-state index is 12.5. The van der Waals surface area contributed by atoms with Crippen LogP contribution in [0.15, 0.2) is 117 Å². The summed E-state index contributed by atoms with van der Waals surface area (Å²) < 4.78 is 18.6. The van der Waals surface area contributed by atoms with Gasteiger partial charge in [-0.3, -0.25) is 13.2 Å². The molecule has 9 aromatic heterocycles. The van der Waals surface area contributed by atoms with Crippen molar-refractivity contribution < 1.29 is 19.1 Å². The summed E-state index contributed by atoms with van der Waals surface area (Å²) >= 11 is 29.6. The first-order valence-corrected chi connectivity index (χ1v) is 38.6. The molecule has 32 heteroatoms. The third-order valence-corrected chi connectivity index (χ3v) is 25.1. The number of fused-ring (bicyclic) bond motifs is 3. The number of aromatic amines is 1. The summed E-state index contributed by atoms with van der Waals surface area (Å²) in [5, 5.41) is 7.66. The molecule has 3 spiro atoms. The number of hydrogen-bond donors (Lipinski definition) is 7. The minimum absolute atomic E-state index is 0.106. The van der Waals surface area contributed by atoms with E-state index in [-0.39, 0.29) is 35.1 Å². The van der Waals surface area contributed by atoms with Gasteiger partial charge in [-0.15, -0.1) is 0 Å². The molecular weight excluding hydrogens is 1480 g/mol. The number of carbonyl (C=O) groups excluding carboxylic acids is 2. The first kappa shape index (κ1) is 74.6. The number of aromatic nitrogens is 12. The Morgan fingerprint density at radius 3 is 1.33 bits per heavy atom. The standard InChI is InChI=1S/C25H32ClN7O2S.C20H28BrN5O2.C20H24ClN7S.C5H5ClN2S/c1-24(2,3)35-23(34)31-18-5-4-7-25(18)8-12-32(13-9-25)22-30-15-17(21-29-11-14-33(21)22)36-16-6-10-28-20(27)19(16)26;1-19(2,3)28-18(27)24-15-5-4-6-20(15)7-10-25(11-8-20)17-23-13-14(21)16-22-9-12-26(16)17;21-16-13(3-7-24-17(16)23)29-14-12-26-19(28-11-8-25-18(14)28)27-9-5-20(6-10-27)4-1-2-15(20)22;6-4-3(9)1-2-8-5(4)7/h6,10-11,14-15,18H,4-5,7-9,12-13H2,1-3H3,(H2,27,28)(H,31,34);9,12-13,15H,4-8,10-11H2,1-3H3,(H,24,27);3,7-8,11-12,15H,1-2,4-6,9-10,22H2,(H2,23,24);1-2H,(H3,7,8,9)/t18-;2*15-;/m111./s1. The third-order valence-electron chi connectivity index (χ3n) is 20.5. The van der Waals surface area contributed by atoms with Gasteiger partial charge < -0.3 is 62.7 Å². The van der Waals surface area contributed by atoms with Crippen molar-refractivity contribution in [2.45, 2.75) is 187 Å². The largest absolute Gasteiger partial charge is 0.444 e. The average Bonchev–Trinajstić information content (AvgIpc) is 1.64. The summed E-state index contributed by atoms with van der Waals surface area (Å²) in [4.78, 5) is 73.8. The highest BCUT2D eigenvalue weighted by Gasteiger charge is 2.48. The highest BCUT2D eigenvalue weighted by atomic mass is 79.9. The third kappa shape index (κ3) is 16.7. The van der Waals surface area contributed by atoms with E-state index >= 15 is 0 Å². The summed E-state index contributed by atoms with van der Waals surface area (Å²) in [6.45, 7) is 16.9. The number of imidazole rings is 3. The number of nitrogens with one attached hydrogen (secondary N) is 3. The smallest absolute Gasteiger partial charge is 0.407 e. The van der Waals surface area contributed by atoms with Crippen LogP contribution in [0.5, 0.6) is 0 Å². The molecule has 3 atom stereocenters. The van der Waals surface area contributed by atoms with Crippen LogP contribution in [0.2, 0.25) is 15.1 Å². The number of H-pyrrole nitrogens is 1. The lowest BCUT2D eigenvalue weighted by Crippen LogP contribution is -2.51. The second-order valence-electron chi connectivity index (χ2n) is 29.1. The van der Waals surface area contributed by atoms with Crippen LogP contribution < -0.4 is 48.3 Å². The van der Waals surface area contributed by atoms with Gasteiger partial charge in [0.25, 0.3) is 0 Å². The Morgan fingerprint density at radius 2 is 0.931 bits per heavy atom. The Labute approximate surface area is 630 Å². The SMILES string of the molecule is CC(C)(C)OC(=O)N[C@@H]1CCCC12CCN(c1ncc(Br)c3nccn13)CC2.CC(C)(C)OC(=O)N[C@@H]1CCCC12CCN(c1ncc(Sc3ccnc(N)c3Cl)c3nccn13)CC2.Nc1[nH]ccc(=S)c1Cl.Nc1nccc(Sc2cnc(N3CCC4(CCC[C@H]4N)CC3)n3ccnc23)c1Cl. The molecule has 11 N–H and O–H groups in total. The molecule has 0 unspecified atom stereocenters. The number of nitrogens with two attached hydrogens (primary N) is 4.